The van der Waals surface area contributed by atoms with Gasteiger partial charge in [-0.05, 0) is 12.1 Å². The van der Waals surface area contributed by atoms with Gasteiger partial charge in [0.25, 0.3) is 0 Å². The summed E-state index contributed by atoms with van der Waals surface area (Å²) in [6, 6.07) is 8.18. The molecule has 0 saturated carbocycles. The predicted molar refractivity (Wildman–Crippen MR) is 65.9 cm³/mol. The van der Waals surface area contributed by atoms with Crippen LogP contribution in [0.5, 0.6) is 0 Å². The Labute approximate surface area is 99.6 Å². The minimum absolute atomic E-state index is 0.751. The molecule has 0 unspecified atom stereocenters. The van der Waals surface area contributed by atoms with Crippen LogP contribution in [0.15, 0.2) is 35.7 Å². The van der Waals surface area contributed by atoms with Gasteiger partial charge in [-0.15, -0.1) is 4.53 Å². The molecule has 1 aromatic rings. The van der Waals surface area contributed by atoms with Crippen LogP contribution in [-0.2, 0) is 0 Å². The monoisotopic (exact) mass is 236 g/mol. The van der Waals surface area contributed by atoms with Gasteiger partial charge in [0, 0.05) is 30.9 Å². The number of benzene rings is 1. The third-order valence-corrected chi connectivity index (χ3v) is 3.32. The normalized spacial score (nSPS) is 19.8. The molecular formula is C11H13ClN4. The third kappa shape index (κ3) is 1.42. The maximum atomic E-state index is 6.07. The number of hydrogen-bond donors (Lipinski definition) is 2. The van der Waals surface area contributed by atoms with E-state index in [1.807, 2.05) is 24.2 Å². The molecule has 2 heterocycles. The SMILES string of the molecule is CN1C2=C(CNc3ccccc3N2)CN1Cl. The first-order valence-electron chi connectivity index (χ1n) is 5.24. The van der Waals surface area contributed by atoms with Crippen LogP contribution in [0.25, 0.3) is 0 Å². The number of nitrogens with one attached hydrogen (secondary N) is 2. The van der Waals surface area contributed by atoms with Crippen molar-refractivity contribution in [2.75, 3.05) is 30.8 Å². The zero-order valence-corrected chi connectivity index (χ0v) is 9.75. The van der Waals surface area contributed by atoms with Gasteiger partial charge < -0.3 is 10.6 Å². The van der Waals surface area contributed by atoms with Gasteiger partial charge in [0.15, 0.2) is 0 Å². The maximum absolute atomic E-state index is 6.07. The molecule has 0 aromatic heterocycles. The molecule has 3 rings (SSSR count). The van der Waals surface area contributed by atoms with E-state index in [-0.39, 0.29) is 0 Å². The van der Waals surface area contributed by atoms with Crippen LogP contribution in [0, 0.1) is 0 Å². The van der Waals surface area contributed by atoms with E-state index in [9.17, 15) is 0 Å². The van der Waals surface area contributed by atoms with Crippen molar-refractivity contribution in [2.24, 2.45) is 0 Å². The van der Waals surface area contributed by atoms with Gasteiger partial charge in [-0.2, -0.15) is 0 Å². The van der Waals surface area contributed by atoms with Crippen molar-refractivity contribution in [2.45, 2.75) is 0 Å². The van der Waals surface area contributed by atoms with Gasteiger partial charge in [-0.1, -0.05) is 12.1 Å². The van der Waals surface area contributed by atoms with Gasteiger partial charge >= 0.3 is 0 Å². The van der Waals surface area contributed by atoms with Crippen molar-refractivity contribution in [3.63, 3.8) is 0 Å². The molecule has 1 aromatic carbocycles. The molecule has 2 aliphatic heterocycles. The summed E-state index contributed by atoms with van der Waals surface area (Å²) in [5, 5.41) is 8.76. The van der Waals surface area contributed by atoms with Gasteiger partial charge in [0.1, 0.15) is 5.82 Å². The van der Waals surface area contributed by atoms with E-state index in [1.54, 1.807) is 4.53 Å². The number of anilines is 2. The number of fused-ring (bicyclic) bond motifs is 1. The Morgan fingerprint density at radius 2 is 2.00 bits per heavy atom. The fourth-order valence-electron chi connectivity index (χ4n) is 2.06. The molecule has 2 aliphatic rings. The number of nitrogens with zero attached hydrogens (tertiary/aromatic N) is 2. The van der Waals surface area contributed by atoms with Crippen LogP contribution >= 0.6 is 11.8 Å². The van der Waals surface area contributed by atoms with Gasteiger partial charge in [0.2, 0.25) is 0 Å². The first kappa shape index (κ1) is 9.81. The molecular weight excluding hydrogens is 224 g/mol. The first-order valence-corrected chi connectivity index (χ1v) is 5.58. The van der Waals surface area contributed by atoms with E-state index < -0.39 is 0 Å². The van der Waals surface area contributed by atoms with Gasteiger partial charge in [-0.3, -0.25) is 5.01 Å². The molecule has 2 N–H and O–H groups in total. The Kier molecular flexibility index (Phi) is 2.19. The summed E-state index contributed by atoms with van der Waals surface area (Å²) in [6.45, 7) is 1.58. The fraction of sp³-hybridized carbons (Fsp3) is 0.273. The van der Waals surface area contributed by atoms with Crippen molar-refractivity contribution < 1.29 is 0 Å². The van der Waals surface area contributed by atoms with Crippen molar-refractivity contribution in [3.05, 3.63) is 35.7 Å². The summed E-state index contributed by atoms with van der Waals surface area (Å²) in [5.74, 6) is 1.08. The zero-order chi connectivity index (χ0) is 11.1. The lowest BCUT2D eigenvalue weighted by Gasteiger charge is -2.23. The fourth-order valence-corrected chi connectivity index (χ4v) is 2.28. The lowest BCUT2D eigenvalue weighted by molar-refractivity contribution is 0.185. The van der Waals surface area contributed by atoms with E-state index in [1.165, 1.54) is 5.57 Å². The Bertz CT molecular complexity index is 457. The van der Waals surface area contributed by atoms with Crippen LogP contribution < -0.4 is 10.6 Å². The van der Waals surface area contributed by atoms with Crippen molar-refractivity contribution >= 4 is 23.2 Å². The smallest absolute Gasteiger partial charge is 0.124 e. The molecule has 0 bridgehead atoms. The van der Waals surface area contributed by atoms with Crippen LogP contribution in [0.3, 0.4) is 0 Å². The lowest BCUT2D eigenvalue weighted by atomic mass is 10.2. The second kappa shape index (κ2) is 3.57. The molecule has 0 amide bonds. The predicted octanol–water partition coefficient (Wildman–Crippen LogP) is 2.05. The zero-order valence-electron chi connectivity index (χ0n) is 9.00. The second-order valence-electron chi connectivity index (χ2n) is 3.99. The Morgan fingerprint density at radius 1 is 1.25 bits per heavy atom. The summed E-state index contributed by atoms with van der Waals surface area (Å²) in [5.41, 5.74) is 3.49. The third-order valence-electron chi connectivity index (χ3n) is 2.98. The van der Waals surface area contributed by atoms with E-state index in [0.717, 1.165) is 30.3 Å². The highest BCUT2D eigenvalue weighted by Crippen LogP contribution is 2.31. The van der Waals surface area contributed by atoms with Crippen LogP contribution in [0.4, 0.5) is 11.4 Å². The molecule has 5 heteroatoms. The number of rotatable bonds is 0. The molecule has 0 atom stereocenters. The topological polar surface area (TPSA) is 30.5 Å². The molecule has 0 saturated heterocycles. The summed E-state index contributed by atoms with van der Waals surface area (Å²) < 4.78 is 1.67. The van der Waals surface area contributed by atoms with Crippen LogP contribution in [-0.4, -0.2) is 29.7 Å². The molecule has 0 radical (unpaired) electrons. The molecule has 84 valence electrons. The standard InChI is InChI=1S/C11H13ClN4/c1-15-11-8(7-16(15)12)6-13-9-4-2-3-5-10(9)14-11/h2-5,13-14H,6-7H2,1H3. The van der Waals surface area contributed by atoms with E-state index in [4.69, 9.17) is 11.8 Å². The van der Waals surface area contributed by atoms with Crippen LogP contribution in [0.1, 0.15) is 0 Å². The first-order chi connectivity index (χ1) is 7.75. The van der Waals surface area contributed by atoms with E-state index in [0.29, 0.717) is 0 Å². The lowest BCUT2D eigenvalue weighted by Crippen LogP contribution is -2.28. The number of hydrogen-bond acceptors (Lipinski definition) is 4. The number of hydrazine groups is 1. The highest BCUT2D eigenvalue weighted by Gasteiger charge is 2.28. The minimum atomic E-state index is 0.751. The minimum Gasteiger partial charge on any atom is -0.379 e. The average molecular weight is 237 g/mol. The summed E-state index contributed by atoms with van der Waals surface area (Å²) in [4.78, 5) is 0. The Balaban J connectivity index is 1.98. The van der Waals surface area contributed by atoms with Gasteiger partial charge in [-0.25, -0.2) is 0 Å². The van der Waals surface area contributed by atoms with Crippen molar-refractivity contribution in [1.82, 2.24) is 9.54 Å². The quantitative estimate of drug-likeness (QED) is 0.675. The largest absolute Gasteiger partial charge is 0.379 e. The van der Waals surface area contributed by atoms with Gasteiger partial charge in [0.05, 0.1) is 17.9 Å². The summed E-state index contributed by atoms with van der Waals surface area (Å²) >= 11 is 6.07. The second-order valence-corrected chi connectivity index (χ2v) is 4.38. The molecule has 0 spiro atoms. The van der Waals surface area contributed by atoms with E-state index in [2.05, 4.69) is 22.8 Å². The van der Waals surface area contributed by atoms with Crippen molar-refractivity contribution in [3.8, 4) is 0 Å². The van der Waals surface area contributed by atoms with Crippen LogP contribution in [0.2, 0.25) is 0 Å². The molecule has 16 heavy (non-hydrogen) atoms. The molecule has 4 nitrogen and oxygen atoms in total. The highest BCUT2D eigenvalue weighted by molar-refractivity contribution is 6.13. The Hall–Kier alpha value is -1.39. The molecule has 0 fully saturated rings. The summed E-state index contributed by atoms with van der Waals surface area (Å²) in [7, 11) is 1.95. The van der Waals surface area contributed by atoms with Crippen molar-refractivity contribution in [1.29, 1.82) is 0 Å². The maximum Gasteiger partial charge on any atom is 0.124 e. The number of halogens is 1. The molecule has 0 aliphatic carbocycles. The summed E-state index contributed by atoms with van der Waals surface area (Å²) in [6.07, 6.45) is 0. The number of para-hydroxylation sites is 2. The van der Waals surface area contributed by atoms with E-state index >= 15 is 0 Å². The highest BCUT2D eigenvalue weighted by atomic mass is 35.5. The Morgan fingerprint density at radius 3 is 2.81 bits per heavy atom. The average Bonchev–Trinajstić information content (AvgIpc) is 2.50.